The number of nitrogens with one attached hydrogen (secondary N) is 2. The van der Waals surface area contributed by atoms with E-state index >= 15 is 0 Å². The lowest BCUT2D eigenvalue weighted by Gasteiger charge is -2.12. The molecule has 0 spiro atoms. The van der Waals surface area contributed by atoms with Crippen molar-refractivity contribution in [3.63, 3.8) is 0 Å². The molecule has 0 aromatic rings. The predicted octanol–water partition coefficient (Wildman–Crippen LogP) is 1.00. The van der Waals surface area contributed by atoms with Crippen molar-refractivity contribution in [1.82, 2.24) is 15.5 Å². The Morgan fingerprint density at radius 3 is 2.62 bits per heavy atom. The number of carbonyl (C=O) groups is 1. The van der Waals surface area contributed by atoms with Gasteiger partial charge in [0.25, 0.3) is 0 Å². The summed E-state index contributed by atoms with van der Waals surface area (Å²) in [5.41, 5.74) is 0. The van der Waals surface area contributed by atoms with Crippen molar-refractivity contribution in [3.8, 4) is 0 Å². The number of unbranched alkanes of at least 4 members (excludes halogenated alkanes) is 1. The van der Waals surface area contributed by atoms with Gasteiger partial charge in [-0.05, 0) is 12.8 Å². The van der Waals surface area contributed by atoms with E-state index in [0.29, 0.717) is 12.5 Å². The van der Waals surface area contributed by atoms with Gasteiger partial charge >= 0.3 is 0 Å². The van der Waals surface area contributed by atoms with Gasteiger partial charge in [-0.3, -0.25) is 4.79 Å². The van der Waals surface area contributed by atoms with Crippen molar-refractivity contribution >= 4 is 11.9 Å². The minimum atomic E-state index is -0.0300. The molecule has 0 unspecified atom stereocenters. The van der Waals surface area contributed by atoms with E-state index < -0.39 is 0 Å². The predicted molar refractivity (Wildman–Crippen MR) is 87.5 cm³/mol. The van der Waals surface area contributed by atoms with Gasteiger partial charge in [-0.25, -0.2) is 4.99 Å². The van der Waals surface area contributed by atoms with E-state index in [-0.39, 0.29) is 12.5 Å². The molecular weight excluding hydrogens is 268 g/mol. The normalized spacial score (nSPS) is 11.1. The molecule has 0 aliphatic rings. The lowest BCUT2D eigenvalue weighted by atomic mass is 10.4. The van der Waals surface area contributed by atoms with Gasteiger partial charge in [0, 0.05) is 40.4 Å². The number of rotatable bonds is 11. The average molecular weight is 298 g/mol. The Kier molecular flexibility index (Phi) is 12.4. The first kappa shape index (κ1) is 19.4. The van der Waals surface area contributed by atoms with E-state index in [2.05, 4.69) is 29.1 Å². The Balaban J connectivity index is 3.97. The van der Waals surface area contributed by atoms with Crippen LogP contribution in [0.4, 0.5) is 0 Å². The number of hydrogen-bond donors (Lipinski definition) is 2. The quantitative estimate of drug-likeness (QED) is 0.258. The first-order valence-electron chi connectivity index (χ1n) is 7.52. The monoisotopic (exact) mass is 298 g/mol. The number of hydrogen-bond acceptors (Lipinski definition) is 3. The highest BCUT2D eigenvalue weighted by atomic mass is 16.5. The van der Waals surface area contributed by atoms with Crippen molar-refractivity contribution < 1.29 is 9.53 Å². The fraction of sp³-hybridized carbons (Fsp3) is 0.733. The van der Waals surface area contributed by atoms with Crippen LogP contribution in [0.25, 0.3) is 0 Å². The van der Waals surface area contributed by atoms with Crippen molar-refractivity contribution in [2.75, 3.05) is 46.9 Å². The molecule has 6 heteroatoms. The van der Waals surface area contributed by atoms with E-state index in [4.69, 9.17) is 4.74 Å². The van der Waals surface area contributed by atoms with E-state index in [9.17, 15) is 4.79 Å². The molecule has 0 rings (SSSR count). The standard InChI is InChI=1S/C15H30N4O2/c1-5-7-11-21-12-8-10-17-15(16-9-6-2)18-13-14(20)19(3)4/h6H,2,5,7-13H2,1,3-4H3,(H2,16,17,18). The van der Waals surface area contributed by atoms with Gasteiger partial charge in [-0.15, -0.1) is 6.58 Å². The van der Waals surface area contributed by atoms with Crippen LogP contribution in [0.1, 0.15) is 26.2 Å². The SMILES string of the molecule is C=CCNC(=NCC(=O)N(C)C)NCCCOCCCC. The van der Waals surface area contributed by atoms with Gasteiger partial charge in [0.2, 0.25) is 5.91 Å². The number of guanidine groups is 1. The highest BCUT2D eigenvalue weighted by molar-refractivity contribution is 5.84. The maximum atomic E-state index is 11.5. The van der Waals surface area contributed by atoms with Crippen LogP contribution in [0.2, 0.25) is 0 Å². The fourth-order valence-corrected chi connectivity index (χ4v) is 1.36. The van der Waals surface area contributed by atoms with E-state index in [1.54, 1.807) is 20.2 Å². The maximum absolute atomic E-state index is 11.5. The van der Waals surface area contributed by atoms with E-state index in [1.807, 2.05) is 0 Å². The second-order valence-corrected chi connectivity index (χ2v) is 4.87. The van der Waals surface area contributed by atoms with Gasteiger partial charge in [0.15, 0.2) is 5.96 Å². The van der Waals surface area contributed by atoms with Crippen LogP contribution < -0.4 is 10.6 Å². The lowest BCUT2D eigenvalue weighted by Crippen LogP contribution is -2.39. The number of amides is 1. The summed E-state index contributed by atoms with van der Waals surface area (Å²) in [6.07, 6.45) is 4.91. The molecule has 0 saturated heterocycles. The topological polar surface area (TPSA) is 66.0 Å². The van der Waals surface area contributed by atoms with Gasteiger partial charge in [-0.1, -0.05) is 19.4 Å². The first-order valence-corrected chi connectivity index (χ1v) is 7.52. The lowest BCUT2D eigenvalue weighted by molar-refractivity contribution is -0.127. The van der Waals surface area contributed by atoms with Gasteiger partial charge in [0.05, 0.1) is 0 Å². The molecule has 122 valence electrons. The van der Waals surface area contributed by atoms with Crippen molar-refractivity contribution in [3.05, 3.63) is 12.7 Å². The zero-order valence-corrected chi connectivity index (χ0v) is 13.7. The molecule has 0 atom stereocenters. The molecule has 0 aliphatic heterocycles. The van der Waals surface area contributed by atoms with Gasteiger partial charge in [0.1, 0.15) is 6.54 Å². The number of ether oxygens (including phenoxy) is 1. The smallest absolute Gasteiger partial charge is 0.243 e. The summed E-state index contributed by atoms with van der Waals surface area (Å²) >= 11 is 0. The number of likely N-dealkylation sites (N-methyl/N-ethyl adjacent to an activating group) is 1. The highest BCUT2D eigenvalue weighted by Crippen LogP contribution is 1.89. The minimum absolute atomic E-state index is 0.0300. The molecule has 2 N–H and O–H groups in total. The van der Waals surface area contributed by atoms with Crippen molar-refractivity contribution in [2.45, 2.75) is 26.2 Å². The third kappa shape index (κ3) is 11.9. The van der Waals surface area contributed by atoms with E-state index in [0.717, 1.165) is 39.0 Å². The Hall–Kier alpha value is -1.56. The Morgan fingerprint density at radius 1 is 1.29 bits per heavy atom. The summed E-state index contributed by atoms with van der Waals surface area (Å²) in [7, 11) is 3.44. The Labute approximate surface area is 128 Å². The van der Waals surface area contributed by atoms with E-state index in [1.165, 1.54) is 4.90 Å². The van der Waals surface area contributed by atoms with Crippen LogP contribution >= 0.6 is 0 Å². The van der Waals surface area contributed by atoms with Crippen LogP contribution in [0.5, 0.6) is 0 Å². The molecule has 0 aliphatic carbocycles. The Bertz CT molecular complexity index is 317. The third-order valence-electron chi connectivity index (χ3n) is 2.69. The summed E-state index contributed by atoms with van der Waals surface area (Å²) in [6.45, 7) is 8.85. The summed E-state index contributed by atoms with van der Waals surface area (Å²) in [6, 6.07) is 0. The molecule has 0 aromatic carbocycles. The highest BCUT2D eigenvalue weighted by Gasteiger charge is 2.03. The minimum Gasteiger partial charge on any atom is -0.381 e. The maximum Gasteiger partial charge on any atom is 0.243 e. The third-order valence-corrected chi connectivity index (χ3v) is 2.69. The molecule has 0 saturated carbocycles. The Morgan fingerprint density at radius 2 is 2.00 bits per heavy atom. The van der Waals surface area contributed by atoms with Crippen LogP contribution in [-0.2, 0) is 9.53 Å². The molecule has 0 aromatic heterocycles. The second kappa shape index (κ2) is 13.4. The molecule has 6 nitrogen and oxygen atoms in total. The number of nitrogens with zero attached hydrogens (tertiary/aromatic N) is 2. The van der Waals surface area contributed by atoms with Crippen LogP contribution in [0.3, 0.4) is 0 Å². The van der Waals surface area contributed by atoms with Crippen LogP contribution in [0.15, 0.2) is 17.6 Å². The average Bonchev–Trinajstić information content (AvgIpc) is 2.47. The first-order chi connectivity index (χ1) is 10.1. The molecule has 21 heavy (non-hydrogen) atoms. The van der Waals surface area contributed by atoms with Gasteiger partial charge < -0.3 is 20.3 Å². The number of aliphatic imine (C=N–C) groups is 1. The second-order valence-electron chi connectivity index (χ2n) is 4.87. The van der Waals surface area contributed by atoms with Crippen LogP contribution in [-0.4, -0.2) is 63.7 Å². The summed E-state index contributed by atoms with van der Waals surface area (Å²) in [5, 5.41) is 6.26. The van der Waals surface area contributed by atoms with Crippen molar-refractivity contribution in [2.24, 2.45) is 4.99 Å². The molecule has 0 heterocycles. The zero-order valence-electron chi connectivity index (χ0n) is 13.7. The number of carbonyl (C=O) groups excluding carboxylic acids is 1. The summed E-state index contributed by atoms with van der Waals surface area (Å²) in [5.74, 6) is 0.594. The summed E-state index contributed by atoms with van der Waals surface area (Å²) in [4.78, 5) is 17.3. The molecule has 0 fully saturated rings. The van der Waals surface area contributed by atoms with Gasteiger partial charge in [-0.2, -0.15) is 0 Å². The van der Waals surface area contributed by atoms with Crippen molar-refractivity contribution in [1.29, 1.82) is 0 Å². The largest absolute Gasteiger partial charge is 0.381 e. The molecule has 0 bridgehead atoms. The molecule has 1 amide bonds. The van der Waals surface area contributed by atoms with Crippen LogP contribution in [0, 0.1) is 0 Å². The fourth-order valence-electron chi connectivity index (χ4n) is 1.36. The molecular formula is C15H30N4O2. The zero-order chi connectivity index (χ0) is 15.9. The molecule has 0 radical (unpaired) electrons. The summed E-state index contributed by atoms with van der Waals surface area (Å²) < 4.78 is 5.49.